The molecule has 0 saturated heterocycles. The summed E-state index contributed by atoms with van der Waals surface area (Å²) in [6.07, 6.45) is 0. The van der Waals surface area contributed by atoms with Crippen LogP contribution in [-0.2, 0) is 11.5 Å². The van der Waals surface area contributed by atoms with E-state index < -0.39 is 0 Å². The number of aromatic nitrogens is 2. The third-order valence-corrected chi connectivity index (χ3v) is 6.08. The van der Waals surface area contributed by atoms with Gasteiger partial charge in [0.1, 0.15) is 10.7 Å². The Morgan fingerprint density at radius 3 is 2.67 bits per heavy atom. The number of nitrogens with zero attached hydrogens (tertiary/aromatic N) is 2. The fourth-order valence-corrected chi connectivity index (χ4v) is 4.78. The summed E-state index contributed by atoms with van der Waals surface area (Å²) in [5, 5.41) is 11.8. The molecule has 4 aromatic rings. The maximum Gasteiger partial charge on any atom is 0.260 e. The van der Waals surface area contributed by atoms with E-state index in [1.165, 1.54) is 11.3 Å². The van der Waals surface area contributed by atoms with Gasteiger partial charge in [-0.1, -0.05) is 48.5 Å². The lowest BCUT2D eigenvalue weighted by Gasteiger charge is -2.04. The van der Waals surface area contributed by atoms with Gasteiger partial charge in [0.15, 0.2) is 0 Å². The van der Waals surface area contributed by atoms with Gasteiger partial charge in [0, 0.05) is 16.7 Å². The lowest BCUT2D eigenvalue weighted by Crippen LogP contribution is -2.10. The third-order valence-electron chi connectivity index (χ3n) is 4.21. The Hall–Kier alpha value is -2.88. The molecule has 2 aromatic heterocycles. The lowest BCUT2D eigenvalue weighted by molar-refractivity contribution is 1.04. The molecule has 0 bridgehead atoms. The second-order valence-electron chi connectivity index (χ2n) is 5.97. The van der Waals surface area contributed by atoms with Gasteiger partial charge in [-0.15, -0.1) is 23.1 Å². The summed E-state index contributed by atoms with van der Waals surface area (Å²) in [4.78, 5) is 21.0. The maximum atomic E-state index is 12.6. The minimum absolute atomic E-state index is 0.104. The molecular formula is C21H15N3OS2. The summed E-state index contributed by atoms with van der Waals surface area (Å²) in [5.74, 6) is 1.95. The van der Waals surface area contributed by atoms with Crippen molar-refractivity contribution in [3.63, 3.8) is 0 Å². The van der Waals surface area contributed by atoms with E-state index in [2.05, 4.69) is 16.0 Å². The van der Waals surface area contributed by atoms with Gasteiger partial charge in [-0.25, -0.2) is 4.98 Å². The predicted molar refractivity (Wildman–Crippen MR) is 112 cm³/mol. The summed E-state index contributed by atoms with van der Waals surface area (Å²) in [6, 6.07) is 19.7. The molecule has 0 amide bonds. The number of benzene rings is 2. The number of aromatic amines is 1. The van der Waals surface area contributed by atoms with Gasteiger partial charge in [-0.3, -0.25) is 4.79 Å². The fourth-order valence-electron chi connectivity index (χ4n) is 2.90. The monoisotopic (exact) mass is 389 g/mol. The molecule has 0 unspecified atom stereocenters. The average molecular weight is 390 g/mol. The Bertz CT molecular complexity index is 1190. The molecule has 0 atom stereocenters. The first kappa shape index (κ1) is 17.5. The van der Waals surface area contributed by atoms with E-state index >= 15 is 0 Å². The largest absolute Gasteiger partial charge is 0.309 e. The number of hydrogen-bond acceptors (Lipinski definition) is 5. The quantitative estimate of drug-likeness (QED) is 0.524. The number of rotatable bonds is 5. The maximum absolute atomic E-state index is 12.6. The second-order valence-corrected chi connectivity index (χ2v) is 7.81. The normalized spacial score (nSPS) is 10.8. The molecule has 4 nitrogen and oxygen atoms in total. The standard InChI is InChI=1S/C21H15N3OS2/c22-10-15-8-4-5-9-16(15)11-26-13-18-23-20(25)19-17(12-27-21(19)24-18)14-6-2-1-3-7-14/h1-9,12H,11,13H2,(H,23,24,25). The third kappa shape index (κ3) is 3.65. The Balaban J connectivity index is 1.56. The summed E-state index contributed by atoms with van der Waals surface area (Å²) in [5.41, 5.74) is 3.52. The minimum atomic E-state index is -0.104. The van der Waals surface area contributed by atoms with Crippen LogP contribution in [-0.4, -0.2) is 9.97 Å². The molecule has 1 N–H and O–H groups in total. The van der Waals surface area contributed by atoms with Gasteiger partial charge in [-0.05, 0) is 17.2 Å². The molecule has 27 heavy (non-hydrogen) atoms. The Labute approximate surface area is 164 Å². The highest BCUT2D eigenvalue weighted by Gasteiger charge is 2.13. The molecule has 2 heterocycles. The zero-order chi connectivity index (χ0) is 18.6. The predicted octanol–water partition coefficient (Wildman–Crippen LogP) is 4.96. The van der Waals surface area contributed by atoms with Gasteiger partial charge < -0.3 is 4.98 Å². The van der Waals surface area contributed by atoms with E-state index in [0.717, 1.165) is 21.5 Å². The second kappa shape index (κ2) is 7.78. The SMILES string of the molecule is N#Cc1ccccc1CSCc1nc2scc(-c3ccccc3)c2c(=O)[nH]1. The van der Waals surface area contributed by atoms with Crippen molar-refractivity contribution < 1.29 is 0 Å². The number of fused-ring (bicyclic) bond motifs is 1. The van der Waals surface area contributed by atoms with Gasteiger partial charge in [-0.2, -0.15) is 5.26 Å². The molecule has 6 heteroatoms. The minimum Gasteiger partial charge on any atom is -0.309 e. The van der Waals surface area contributed by atoms with Gasteiger partial charge in [0.05, 0.1) is 22.8 Å². The lowest BCUT2D eigenvalue weighted by atomic mass is 10.1. The van der Waals surface area contributed by atoms with E-state index in [1.54, 1.807) is 11.8 Å². The van der Waals surface area contributed by atoms with Crippen LogP contribution < -0.4 is 5.56 Å². The van der Waals surface area contributed by atoms with E-state index in [9.17, 15) is 4.79 Å². The number of thioether (sulfide) groups is 1. The molecule has 0 aliphatic rings. The highest BCUT2D eigenvalue weighted by Crippen LogP contribution is 2.30. The number of H-pyrrole nitrogens is 1. The van der Waals surface area contributed by atoms with Crippen LogP contribution in [0.4, 0.5) is 0 Å². The van der Waals surface area contributed by atoms with Gasteiger partial charge in [0.25, 0.3) is 5.56 Å². The van der Waals surface area contributed by atoms with Crippen molar-refractivity contribution in [3.8, 4) is 17.2 Å². The fraction of sp³-hybridized carbons (Fsp3) is 0.0952. The van der Waals surface area contributed by atoms with Crippen LogP contribution in [0.25, 0.3) is 21.3 Å². The van der Waals surface area contributed by atoms with Crippen molar-refractivity contribution in [2.45, 2.75) is 11.5 Å². The number of hydrogen-bond donors (Lipinski definition) is 1. The van der Waals surface area contributed by atoms with Crippen LogP contribution in [0.1, 0.15) is 17.0 Å². The first-order chi connectivity index (χ1) is 13.3. The summed E-state index contributed by atoms with van der Waals surface area (Å²) in [7, 11) is 0. The summed E-state index contributed by atoms with van der Waals surface area (Å²) < 4.78 is 0. The number of nitrogens with one attached hydrogen (secondary N) is 1. The van der Waals surface area contributed by atoms with E-state index in [-0.39, 0.29) is 5.56 Å². The van der Waals surface area contributed by atoms with Crippen LogP contribution in [0, 0.1) is 11.3 Å². The molecule has 0 aliphatic heterocycles. The first-order valence-electron chi connectivity index (χ1n) is 8.38. The highest BCUT2D eigenvalue weighted by atomic mass is 32.2. The van der Waals surface area contributed by atoms with Crippen LogP contribution in [0.15, 0.2) is 64.8 Å². The zero-order valence-corrected chi connectivity index (χ0v) is 15.9. The van der Waals surface area contributed by atoms with E-state index in [1.807, 2.05) is 60.0 Å². The summed E-state index contributed by atoms with van der Waals surface area (Å²) >= 11 is 3.12. The molecule has 2 aromatic carbocycles. The van der Waals surface area contributed by atoms with Crippen molar-refractivity contribution in [1.29, 1.82) is 5.26 Å². The van der Waals surface area contributed by atoms with Crippen molar-refractivity contribution in [3.05, 3.63) is 87.3 Å². The Morgan fingerprint density at radius 2 is 1.85 bits per heavy atom. The molecule has 0 radical (unpaired) electrons. The van der Waals surface area contributed by atoms with Gasteiger partial charge in [0.2, 0.25) is 0 Å². The van der Waals surface area contributed by atoms with Crippen LogP contribution in [0.2, 0.25) is 0 Å². The van der Waals surface area contributed by atoms with Gasteiger partial charge >= 0.3 is 0 Å². The van der Waals surface area contributed by atoms with Crippen LogP contribution in [0.5, 0.6) is 0 Å². The average Bonchev–Trinajstić information content (AvgIpc) is 3.14. The van der Waals surface area contributed by atoms with Crippen molar-refractivity contribution >= 4 is 33.3 Å². The van der Waals surface area contributed by atoms with Crippen molar-refractivity contribution in [1.82, 2.24) is 9.97 Å². The molecule has 132 valence electrons. The smallest absolute Gasteiger partial charge is 0.260 e. The molecule has 0 saturated carbocycles. The molecule has 0 spiro atoms. The topological polar surface area (TPSA) is 69.5 Å². The van der Waals surface area contributed by atoms with Crippen molar-refractivity contribution in [2.24, 2.45) is 0 Å². The van der Waals surface area contributed by atoms with E-state index in [0.29, 0.717) is 28.3 Å². The first-order valence-corrected chi connectivity index (χ1v) is 10.4. The Kier molecular flexibility index (Phi) is 5.05. The number of thiophene rings is 1. The van der Waals surface area contributed by atoms with Crippen molar-refractivity contribution in [2.75, 3.05) is 0 Å². The van der Waals surface area contributed by atoms with Crippen LogP contribution in [0.3, 0.4) is 0 Å². The molecule has 0 aliphatic carbocycles. The van der Waals surface area contributed by atoms with E-state index in [4.69, 9.17) is 5.26 Å². The molecular weight excluding hydrogens is 374 g/mol. The number of nitriles is 1. The summed E-state index contributed by atoms with van der Waals surface area (Å²) in [6.45, 7) is 0. The molecule has 4 rings (SSSR count). The highest BCUT2D eigenvalue weighted by molar-refractivity contribution is 7.97. The van der Waals surface area contributed by atoms with Crippen LogP contribution >= 0.6 is 23.1 Å². The Morgan fingerprint density at radius 1 is 1.07 bits per heavy atom. The molecule has 0 fully saturated rings. The zero-order valence-electron chi connectivity index (χ0n) is 14.3.